The minimum absolute atomic E-state index is 0.111. The number of benzene rings is 1. The summed E-state index contributed by atoms with van der Waals surface area (Å²) in [7, 11) is 0. The van der Waals surface area contributed by atoms with Gasteiger partial charge in [0.1, 0.15) is 0 Å². The van der Waals surface area contributed by atoms with Gasteiger partial charge in [-0.3, -0.25) is 0 Å². The fourth-order valence-electron chi connectivity index (χ4n) is 0.988. The summed E-state index contributed by atoms with van der Waals surface area (Å²) in [6.45, 7) is -0.483. The molecule has 0 spiro atoms. The Morgan fingerprint density at radius 3 is 2.29 bits per heavy atom. The quantitative estimate of drug-likeness (QED) is 0.721. The summed E-state index contributed by atoms with van der Waals surface area (Å²) >= 11 is 5.50. The Bertz CT molecular complexity index is 328. The Balaban J connectivity index is 3.28. The highest BCUT2D eigenvalue weighted by atomic mass is 35.5. The van der Waals surface area contributed by atoms with Crippen LogP contribution in [-0.2, 0) is 12.8 Å². The van der Waals surface area contributed by atoms with Crippen molar-refractivity contribution in [2.24, 2.45) is 0 Å². The molecule has 0 bridgehead atoms. The standard InChI is InChI=1S/C8H7ClF3NO/c9-6-1-4(8(10,11)12)2-7(13)5(6)3-14/h1-2,14H,3,13H2. The van der Waals surface area contributed by atoms with Crippen molar-refractivity contribution < 1.29 is 18.3 Å². The second-order valence-corrected chi connectivity index (χ2v) is 3.09. The fraction of sp³-hybridized carbons (Fsp3) is 0.250. The fourth-order valence-corrected chi connectivity index (χ4v) is 1.27. The molecule has 0 unspecified atom stereocenters. The molecule has 0 aliphatic carbocycles. The molecule has 0 fully saturated rings. The predicted octanol–water partition coefficient (Wildman–Crippen LogP) is 2.43. The number of halogens is 4. The normalized spacial score (nSPS) is 11.8. The second kappa shape index (κ2) is 3.67. The molecule has 1 rings (SSSR count). The molecule has 6 heteroatoms. The molecule has 78 valence electrons. The summed E-state index contributed by atoms with van der Waals surface area (Å²) in [5.74, 6) is 0. The Kier molecular flexibility index (Phi) is 2.92. The summed E-state index contributed by atoms with van der Waals surface area (Å²) in [6.07, 6.45) is -4.48. The van der Waals surface area contributed by atoms with Crippen LogP contribution < -0.4 is 5.73 Å². The summed E-state index contributed by atoms with van der Waals surface area (Å²) in [5, 5.41) is 8.57. The Morgan fingerprint density at radius 2 is 1.93 bits per heavy atom. The molecule has 0 atom stereocenters. The van der Waals surface area contributed by atoms with Gasteiger partial charge in [-0.15, -0.1) is 0 Å². The van der Waals surface area contributed by atoms with Gasteiger partial charge < -0.3 is 10.8 Å². The van der Waals surface area contributed by atoms with Gasteiger partial charge in [-0.25, -0.2) is 0 Å². The van der Waals surface area contributed by atoms with Crippen LogP contribution in [0.15, 0.2) is 12.1 Å². The molecule has 0 heterocycles. The van der Waals surface area contributed by atoms with E-state index in [4.69, 9.17) is 22.4 Å². The number of rotatable bonds is 1. The third-order valence-electron chi connectivity index (χ3n) is 1.72. The van der Waals surface area contributed by atoms with Crippen LogP contribution in [0.1, 0.15) is 11.1 Å². The van der Waals surface area contributed by atoms with Crippen molar-refractivity contribution in [2.45, 2.75) is 12.8 Å². The Labute approximate surface area is 83.1 Å². The minimum atomic E-state index is -4.48. The van der Waals surface area contributed by atoms with Crippen LogP contribution in [0.25, 0.3) is 0 Å². The maximum absolute atomic E-state index is 12.2. The van der Waals surface area contributed by atoms with Gasteiger partial charge >= 0.3 is 6.18 Å². The third-order valence-corrected chi connectivity index (χ3v) is 2.05. The van der Waals surface area contributed by atoms with Gasteiger partial charge in [-0.1, -0.05) is 11.6 Å². The zero-order chi connectivity index (χ0) is 10.9. The van der Waals surface area contributed by atoms with Crippen LogP contribution in [0.5, 0.6) is 0 Å². The maximum atomic E-state index is 12.2. The highest BCUT2D eigenvalue weighted by molar-refractivity contribution is 6.31. The molecule has 1 aromatic carbocycles. The number of aliphatic hydroxyl groups is 1. The average molecular weight is 226 g/mol. The van der Waals surface area contributed by atoms with Crippen LogP contribution in [0, 0.1) is 0 Å². The largest absolute Gasteiger partial charge is 0.416 e. The average Bonchev–Trinajstić information content (AvgIpc) is 2.01. The molecule has 0 radical (unpaired) electrons. The Morgan fingerprint density at radius 1 is 1.36 bits per heavy atom. The molecule has 0 aliphatic rings. The molecule has 14 heavy (non-hydrogen) atoms. The van der Waals surface area contributed by atoms with Crippen molar-refractivity contribution in [1.82, 2.24) is 0 Å². The molecule has 0 saturated carbocycles. The van der Waals surface area contributed by atoms with Gasteiger partial charge in [0.15, 0.2) is 0 Å². The SMILES string of the molecule is Nc1cc(C(F)(F)F)cc(Cl)c1CO. The number of hydrogen-bond donors (Lipinski definition) is 2. The van der Waals surface area contributed by atoms with Crippen molar-refractivity contribution in [3.05, 3.63) is 28.3 Å². The highest BCUT2D eigenvalue weighted by Gasteiger charge is 2.31. The lowest BCUT2D eigenvalue weighted by Gasteiger charge is -2.11. The van der Waals surface area contributed by atoms with Crippen LogP contribution in [0.3, 0.4) is 0 Å². The third kappa shape index (κ3) is 2.10. The van der Waals surface area contributed by atoms with Crippen molar-refractivity contribution in [3.8, 4) is 0 Å². The molecule has 1 aromatic rings. The first-order valence-electron chi connectivity index (χ1n) is 3.62. The van der Waals surface area contributed by atoms with E-state index in [0.29, 0.717) is 0 Å². The van der Waals surface area contributed by atoms with Gasteiger partial charge in [0.05, 0.1) is 12.2 Å². The molecule has 3 N–H and O–H groups in total. The number of hydrogen-bond acceptors (Lipinski definition) is 2. The maximum Gasteiger partial charge on any atom is 0.416 e. The summed E-state index contributed by atoms with van der Waals surface area (Å²) in [4.78, 5) is 0. The van der Waals surface area contributed by atoms with E-state index in [1.165, 1.54) is 0 Å². The van der Waals surface area contributed by atoms with Gasteiger partial charge in [-0.05, 0) is 12.1 Å². The van der Waals surface area contributed by atoms with Crippen molar-refractivity contribution in [1.29, 1.82) is 0 Å². The minimum Gasteiger partial charge on any atom is -0.398 e. The van der Waals surface area contributed by atoms with Gasteiger partial charge in [0, 0.05) is 16.3 Å². The van der Waals surface area contributed by atoms with Gasteiger partial charge in [0.25, 0.3) is 0 Å². The smallest absolute Gasteiger partial charge is 0.398 e. The molecular weight excluding hydrogens is 219 g/mol. The number of nitrogen functional groups attached to an aromatic ring is 1. The zero-order valence-corrected chi connectivity index (χ0v) is 7.65. The van der Waals surface area contributed by atoms with E-state index in [0.717, 1.165) is 12.1 Å². The highest BCUT2D eigenvalue weighted by Crippen LogP contribution is 2.34. The number of aliphatic hydroxyl groups excluding tert-OH is 1. The van der Waals surface area contributed by atoms with E-state index in [-0.39, 0.29) is 16.3 Å². The predicted molar refractivity (Wildman–Crippen MR) is 46.8 cm³/mol. The van der Waals surface area contributed by atoms with E-state index in [1.807, 2.05) is 0 Å². The second-order valence-electron chi connectivity index (χ2n) is 2.68. The van der Waals surface area contributed by atoms with Gasteiger partial charge in [-0.2, -0.15) is 13.2 Å². The van der Waals surface area contributed by atoms with Crippen molar-refractivity contribution in [3.63, 3.8) is 0 Å². The molecular formula is C8H7ClF3NO. The summed E-state index contributed by atoms with van der Waals surface area (Å²) in [6, 6.07) is 1.49. The van der Waals surface area contributed by atoms with E-state index in [2.05, 4.69) is 0 Å². The van der Waals surface area contributed by atoms with Crippen molar-refractivity contribution >= 4 is 17.3 Å². The molecule has 0 amide bonds. The Hall–Kier alpha value is -0.940. The summed E-state index contributed by atoms with van der Waals surface area (Å²) < 4.78 is 36.6. The van der Waals surface area contributed by atoms with Crippen LogP contribution >= 0.6 is 11.6 Å². The lowest BCUT2D eigenvalue weighted by Crippen LogP contribution is -2.07. The molecule has 2 nitrogen and oxygen atoms in total. The van der Waals surface area contributed by atoms with E-state index < -0.39 is 18.3 Å². The first kappa shape index (κ1) is 11.1. The topological polar surface area (TPSA) is 46.2 Å². The van der Waals surface area contributed by atoms with E-state index in [1.54, 1.807) is 0 Å². The lowest BCUT2D eigenvalue weighted by molar-refractivity contribution is -0.137. The molecule has 0 aliphatic heterocycles. The van der Waals surface area contributed by atoms with Crippen molar-refractivity contribution in [2.75, 3.05) is 5.73 Å². The first-order chi connectivity index (χ1) is 6.36. The zero-order valence-electron chi connectivity index (χ0n) is 6.90. The van der Waals surface area contributed by atoms with Crippen LogP contribution in [0.4, 0.5) is 18.9 Å². The van der Waals surface area contributed by atoms with Crippen LogP contribution in [-0.4, -0.2) is 5.11 Å². The number of anilines is 1. The van der Waals surface area contributed by atoms with Gasteiger partial charge in [0.2, 0.25) is 0 Å². The first-order valence-corrected chi connectivity index (χ1v) is 4.00. The number of nitrogens with two attached hydrogens (primary N) is 1. The lowest BCUT2D eigenvalue weighted by atomic mass is 10.1. The monoisotopic (exact) mass is 225 g/mol. The van der Waals surface area contributed by atoms with E-state index >= 15 is 0 Å². The summed E-state index contributed by atoms with van der Waals surface area (Å²) in [5.41, 5.74) is 4.32. The molecule has 0 aromatic heterocycles. The molecule has 0 saturated heterocycles. The van der Waals surface area contributed by atoms with E-state index in [9.17, 15) is 13.2 Å². The van der Waals surface area contributed by atoms with Crippen LogP contribution in [0.2, 0.25) is 5.02 Å². The number of alkyl halides is 3.